The minimum absolute atomic E-state index is 0.000782. The Labute approximate surface area is 159 Å². The van der Waals surface area contributed by atoms with E-state index in [1.807, 2.05) is 42.2 Å². The Hall–Kier alpha value is -2.76. The number of nitrogens with zero attached hydrogens (tertiary/aromatic N) is 2. The van der Waals surface area contributed by atoms with Crippen LogP contribution in [0.5, 0.6) is 0 Å². The van der Waals surface area contributed by atoms with Crippen molar-refractivity contribution in [2.24, 2.45) is 0 Å². The molecule has 0 unspecified atom stereocenters. The van der Waals surface area contributed by atoms with Gasteiger partial charge in [-0.2, -0.15) is 0 Å². The monoisotopic (exact) mass is 367 g/mol. The summed E-state index contributed by atoms with van der Waals surface area (Å²) in [5.74, 6) is 0.843. The lowest BCUT2D eigenvalue weighted by Crippen LogP contribution is -2.35. The van der Waals surface area contributed by atoms with Gasteiger partial charge in [-0.05, 0) is 49.6 Å². The molecular weight excluding hydrogens is 342 g/mol. The summed E-state index contributed by atoms with van der Waals surface area (Å²) in [5, 5.41) is 2.82. The third-order valence-electron chi connectivity index (χ3n) is 5.49. The fraction of sp³-hybridized carbons (Fsp3) is 0.429. The van der Waals surface area contributed by atoms with Crippen LogP contribution >= 0.6 is 0 Å². The van der Waals surface area contributed by atoms with E-state index in [0.717, 1.165) is 49.2 Å². The fourth-order valence-electron chi connectivity index (χ4n) is 4.03. The number of hydrogen-bond donors (Lipinski definition) is 1. The molecule has 0 aliphatic carbocycles. The number of anilines is 1. The standard InChI is InChI=1S/C21H25N3O3/c1-15-8-9-16(14-18(15)24-12-10-22-21(24)26)20(25)23-11-4-2-3-6-17(23)19-7-5-13-27-19/h5,7-9,13-14,17H,2-4,6,10-12H2,1H3,(H,22,26)/t17-/m1/s1. The number of carbonyl (C=O) groups excluding carboxylic acids is 2. The van der Waals surface area contributed by atoms with Crippen molar-refractivity contribution in [2.75, 3.05) is 24.5 Å². The van der Waals surface area contributed by atoms with Crippen molar-refractivity contribution >= 4 is 17.6 Å². The lowest BCUT2D eigenvalue weighted by atomic mass is 10.0. The summed E-state index contributed by atoms with van der Waals surface area (Å²) in [7, 11) is 0. The van der Waals surface area contributed by atoms with Crippen molar-refractivity contribution in [3.63, 3.8) is 0 Å². The van der Waals surface area contributed by atoms with Gasteiger partial charge in [-0.25, -0.2) is 4.79 Å². The zero-order valence-corrected chi connectivity index (χ0v) is 15.6. The highest BCUT2D eigenvalue weighted by Gasteiger charge is 2.30. The van der Waals surface area contributed by atoms with E-state index in [-0.39, 0.29) is 18.0 Å². The fourth-order valence-corrected chi connectivity index (χ4v) is 4.03. The summed E-state index contributed by atoms with van der Waals surface area (Å²) in [6, 6.07) is 9.32. The zero-order chi connectivity index (χ0) is 18.8. The molecule has 2 fully saturated rings. The van der Waals surface area contributed by atoms with Crippen molar-refractivity contribution in [1.29, 1.82) is 0 Å². The van der Waals surface area contributed by atoms with Crippen LogP contribution in [0.15, 0.2) is 41.0 Å². The maximum atomic E-state index is 13.4. The Kier molecular flexibility index (Phi) is 4.88. The molecular formula is C21H25N3O3. The molecule has 0 bridgehead atoms. The van der Waals surface area contributed by atoms with Crippen LogP contribution in [0.2, 0.25) is 0 Å². The number of nitrogens with one attached hydrogen (secondary N) is 1. The van der Waals surface area contributed by atoms with E-state index >= 15 is 0 Å². The summed E-state index contributed by atoms with van der Waals surface area (Å²) in [6.45, 7) is 3.93. The second-order valence-electron chi connectivity index (χ2n) is 7.26. The molecule has 142 valence electrons. The largest absolute Gasteiger partial charge is 0.467 e. The summed E-state index contributed by atoms with van der Waals surface area (Å²) in [6.07, 6.45) is 5.78. The summed E-state index contributed by atoms with van der Waals surface area (Å²) < 4.78 is 5.63. The number of aryl methyl sites for hydroxylation is 1. The molecule has 1 aromatic carbocycles. The van der Waals surface area contributed by atoms with Crippen LogP contribution in [0.25, 0.3) is 0 Å². The lowest BCUT2D eigenvalue weighted by molar-refractivity contribution is 0.0658. The molecule has 3 amide bonds. The minimum Gasteiger partial charge on any atom is -0.467 e. The summed E-state index contributed by atoms with van der Waals surface area (Å²) in [4.78, 5) is 29.1. The lowest BCUT2D eigenvalue weighted by Gasteiger charge is -2.29. The first kappa shape index (κ1) is 17.6. The Morgan fingerprint density at radius 2 is 2.07 bits per heavy atom. The predicted molar refractivity (Wildman–Crippen MR) is 103 cm³/mol. The van der Waals surface area contributed by atoms with Gasteiger partial charge in [0, 0.05) is 30.9 Å². The van der Waals surface area contributed by atoms with Crippen molar-refractivity contribution < 1.29 is 14.0 Å². The molecule has 4 rings (SSSR count). The molecule has 0 saturated carbocycles. The maximum Gasteiger partial charge on any atom is 0.322 e. The van der Waals surface area contributed by atoms with Crippen molar-refractivity contribution in [3.05, 3.63) is 53.5 Å². The minimum atomic E-state index is -0.106. The summed E-state index contributed by atoms with van der Waals surface area (Å²) >= 11 is 0. The smallest absolute Gasteiger partial charge is 0.322 e. The second kappa shape index (κ2) is 7.47. The first-order valence-corrected chi connectivity index (χ1v) is 9.65. The van der Waals surface area contributed by atoms with E-state index in [9.17, 15) is 9.59 Å². The number of urea groups is 1. The van der Waals surface area contributed by atoms with Crippen molar-refractivity contribution in [1.82, 2.24) is 10.2 Å². The highest BCUT2D eigenvalue weighted by atomic mass is 16.3. The van der Waals surface area contributed by atoms with Crippen LogP contribution in [-0.2, 0) is 0 Å². The Morgan fingerprint density at radius 3 is 2.81 bits per heavy atom. The van der Waals surface area contributed by atoms with Gasteiger partial charge in [0.25, 0.3) is 5.91 Å². The quantitative estimate of drug-likeness (QED) is 0.895. The average Bonchev–Trinajstić information content (AvgIpc) is 3.28. The van der Waals surface area contributed by atoms with Gasteiger partial charge in [0.15, 0.2) is 0 Å². The highest BCUT2D eigenvalue weighted by Crippen LogP contribution is 2.32. The number of benzene rings is 1. The van der Waals surface area contributed by atoms with E-state index in [0.29, 0.717) is 18.7 Å². The van der Waals surface area contributed by atoms with Gasteiger partial charge in [0.1, 0.15) is 5.76 Å². The van der Waals surface area contributed by atoms with Gasteiger partial charge >= 0.3 is 6.03 Å². The number of rotatable bonds is 3. The molecule has 2 aliphatic heterocycles. The second-order valence-corrected chi connectivity index (χ2v) is 7.26. The molecule has 0 radical (unpaired) electrons. The van der Waals surface area contributed by atoms with E-state index in [1.54, 1.807) is 11.2 Å². The van der Waals surface area contributed by atoms with Crippen LogP contribution < -0.4 is 10.2 Å². The first-order chi connectivity index (χ1) is 13.1. The average molecular weight is 367 g/mol. The Balaban J connectivity index is 1.65. The number of likely N-dealkylation sites (tertiary alicyclic amines) is 1. The van der Waals surface area contributed by atoms with Crippen molar-refractivity contribution in [2.45, 2.75) is 38.6 Å². The Bertz CT molecular complexity index is 831. The van der Waals surface area contributed by atoms with Gasteiger partial charge in [-0.1, -0.05) is 18.9 Å². The molecule has 1 aromatic heterocycles. The third-order valence-corrected chi connectivity index (χ3v) is 5.49. The molecule has 6 nitrogen and oxygen atoms in total. The van der Waals surface area contributed by atoms with E-state index in [2.05, 4.69) is 5.32 Å². The first-order valence-electron chi connectivity index (χ1n) is 9.65. The van der Waals surface area contributed by atoms with Gasteiger partial charge in [0.2, 0.25) is 0 Å². The van der Waals surface area contributed by atoms with Crippen LogP contribution in [0, 0.1) is 6.92 Å². The van der Waals surface area contributed by atoms with E-state index in [4.69, 9.17) is 4.42 Å². The van der Waals surface area contributed by atoms with Gasteiger partial charge in [-0.15, -0.1) is 0 Å². The van der Waals surface area contributed by atoms with Gasteiger partial charge < -0.3 is 14.6 Å². The number of carbonyl (C=O) groups is 2. The molecule has 2 saturated heterocycles. The predicted octanol–water partition coefficient (Wildman–Crippen LogP) is 3.88. The molecule has 2 aliphatic rings. The highest BCUT2D eigenvalue weighted by molar-refractivity contribution is 5.99. The molecule has 6 heteroatoms. The molecule has 3 heterocycles. The molecule has 0 spiro atoms. The SMILES string of the molecule is Cc1ccc(C(=O)N2CCCCC[C@@H]2c2ccco2)cc1N1CCNC1=O. The summed E-state index contributed by atoms with van der Waals surface area (Å²) in [5.41, 5.74) is 2.41. The third kappa shape index (κ3) is 3.44. The van der Waals surface area contributed by atoms with Crippen LogP contribution in [0.3, 0.4) is 0 Å². The topological polar surface area (TPSA) is 65.8 Å². The zero-order valence-electron chi connectivity index (χ0n) is 15.6. The molecule has 2 aromatic rings. The number of furan rings is 1. The van der Waals surface area contributed by atoms with Crippen molar-refractivity contribution in [3.8, 4) is 0 Å². The Morgan fingerprint density at radius 1 is 1.19 bits per heavy atom. The van der Waals surface area contributed by atoms with E-state index in [1.165, 1.54) is 0 Å². The normalized spacial score (nSPS) is 20.5. The number of hydrogen-bond acceptors (Lipinski definition) is 3. The molecule has 1 atom stereocenters. The van der Waals surface area contributed by atoms with Gasteiger partial charge in [-0.3, -0.25) is 9.69 Å². The van der Waals surface area contributed by atoms with Crippen LogP contribution in [0.4, 0.5) is 10.5 Å². The van der Waals surface area contributed by atoms with Gasteiger partial charge in [0.05, 0.1) is 12.3 Å². The van der Waals surface area contributed by atoms with E-state index < -0.39 is 0 Å². The molecule has 1 N–H and O–H groups in total. The maximum absolute atomic E-state index is 13.4. The van der Waals surface area contributed by atoms with Crippen LogP contribution in [0.1, 0.15) is 53.4 Å². The molecule has 27 heavy (non-hydrogen) atoms. The number of amides is 3. The van der Waals surface area contributed by atoms with Crippen LogP contribution in [-0.4, -0.2) is 36.5 Å².